The van der Waals surface area contributed by atoms with Gasteiger partial charge in [0.1, 0.15) is 0 Å². The number of amides is 2. The van der Waals surface area contributed by atoms with Crippen LogP contribution in [0.1, 0.15) is 32.1 Å². The third kappa shape index (κ3) is 2.46. The van der Waals surface area contributed by atoms with Crippen LogP contribution in [0.25, 0.3) is 0 Å². The summed E-state index contributed by atoms with van der Waals surface area (Å²) in [4.78, 5) is 28.6. The van der Waals surface area contributed by atoms with Gasteiger partial charge in [0.25, 0.3) is 11.8 Å². The number of hydrogen-bond acceptors (Lipinski definition) is 4. The monoisotopic (exact) mass is 349 g/mol. The van der Waals surface area contributed by atoms with Crippen LogP contribution in [0, 0.1) is 13.8 Å². The number of para-hydroxylation sites is 1. The van der Waals surface area contributed by atoms with E-state index in [2.05, 4.69) is 10.2 Å². The number of nitrogens with one attached hydrogen (secondary N) is 1. The Morgan fingerprint density at radius 2 is 1.52 bits per heavy atom. The van der Waals surface area contributed by atoms with E-state index < -0.39 is 0 Å². The molecule has 0 radical (unpaired) electrons. The highest BCUT2D eigenvalue weighted by atomic mass is 32.2. The van der Waals surface area contributed by atoms with E-state index in [-0.39, 0.29) is 11.8 Å². The smallest absolute Gasteiger partial charge is 0.266 e. The molecule has 2 aromatic carbocycles. The van der Waals surface area contributed by atoms with Crippen molar-refractivity contribution in [2.75, 3.05) is 4.90 Å². The molecule has 0 aliphatic carbocycles. The first kappa shape index (κ1) is 15.7. The van der Waals surface area contributed by atoms with Crippen LogP contribution in [0.4, 0.5) is 5.69 Å². The predicted molar refractivity (Wildman–Crippen MR) is 96.2 cm³/mol. The number of rotatable bonds is 3. The summed E-state index contributed by atoms with van der Waals surface area (Å²) in [6.07, 6.45) is 0. The maximum absolute atomic E-state index is 12.8. The van der Waals surface area contributed by atoms with Crippen LogP contribution in [0.5, 0.6) is 0 Å². The molecule has 0 bridgehead atoms. The van der Waals surface area contributed by atoms with E-state index in [1.54, 1.807) is 30.3 Å². The molecule has 0 atom stereocenters. The number of nitrogens with zero attached hydrogens (tertiary/aromatic N) is 2. The van der Waals surface area contributed by atoms with Crippen molar-refractivity contribution in [1.29, 1.82) is 0 Å². The molecule has 3 aromatic rings. The Labute approximate surface area is 149 Å². The van der Waals surface area contributed by atoms with Gasteiger partial charge in [-0.3, -0.25) is 14.7 Å². The van der Waals surface area contributed by atoms with E-state index in [4.69, 9.17) is 0 Å². The van der Waals surface area contributed by atoms with Gasteiger partial charge >= 0.3 is 0 Å². The molecule has 1 aliphatic heterocycles. The highest BCUT2D eigenvalue weighted by Gasteiger charge is 2.37. The average Bonchev–Trinajstić information content (AvgIpc) is 3.07. The lowest BCUT2D eigenvalue weighted by molar-refractivity contribution is 0.0925. The molecule has 0 unspecified atom stereocenters. The lowest BCUT2D eigenvalue weighted by Gasteiger charge is -2.17. The molecule has 0 saturated heterocycles. The number of aromatic nitrogens is 2. The van der Waals surface area contributed by atoms with E-state index in [1.807, 2.05) is 32.0 Å². The summed E-state index contributed by atoms with van der Waals surface area (Å²) >= 11 is 1.50. The largest absolute Gasteiger partial charge is 0.281 e. The van der Waals surface area contributed by atoms with Gasteiger partial charge in [-0.2, -0.15) is 5.10 Å². The summed E-state index contributed by atoms with van der Waals surface area (Å²) in [6, 6.07) is 14.4. The van der Waals surface area contributed by atoms with Crippen molar-refractivity contribution in [2.24, 2.45) is 0 Å². The van der Waals surface area contributed by atoms with Gasteiger partial charge in [0.15, 0.2) is 0 Å². The number of H-pyrrole nitrogens is 1. The van der Waals surface area contributed by atoms with E-state index in [1.165, 1.54) is 16.7 Å². The van der Waals surface area contributed by atoms with Crippen LogP contribution in [-0.4, -0.2) is 22.0 Å². The number of anilines is 1. The fraction of sp³-hybridized carbons (Fsp3) is 0.105. The first-order chi connectivity index (χ1) is 12.1. The van der Waals surface area contributed by atoms with E-state index in [0.29, 0.717) is 16.8 Å². The normalized spacial score (nSPS) is 13.4. The second kappa shape index (κ2) is 5.89. The van der Waals surface area contributed by atoms with Crippen LogP contribution in [0.3, 0.4) is 0 Å². The molecular weight excluding hydrogens is 334 g/mol. The minimum absolute atomic E-state index is 0.283. The highest BCUT2D eigenvalue weighted by Crippen LogP contribution is 2.40. The van der Waals surface area contributed by atoms with Crippen molar-refractivity contribution in [3.63, 3.8) is 0 Å². The van der Waals surface area contributed by atoms with Crippen molar-refractivity contribution in [2.45, 2.75) is 23.6 Å². The van der Waals surface area contributed by atoms with Gasteiger partial charge in [0, 0.05) is 10.6 Å². The van der Waals surface area contributed by atoms with Crippen LogP contribution < -0.4 is 4.90 Å². The molecule has 2 amide bonds. The molecule has 124 valence electrons. The number of benzene rings is 2. The lowest BCUT2D eigenvalue weighted by Crippen LogP contribution is -2.29. The van der Waals surface area contributed by atoms with Crippen LogP contribution >= 0.6 is 11.8 Å². The van der Waals surface area contributed by atoms with Crippen molar-refractivity contribution < 1.29 is 9.59 Å². The van der Waals surface area contributed by atoms with Crippen LogP contribution in [0.2, 0.25) is 0 Å². The molecule has 25 heavy (non-hydrogen) atoms. The van der Waals surface area contributed by atoms with Gasteiger partial charge in [-0.25, -0.2) is 4.90 Å². The highest BCUT2D eigenvalue weighted by molar-refractivity contribution is 7.99. The molecule has 5 nitrogen and oxygen atoms in total. The van der Waals surface area contributed by atoms with Gasteiger partial charge in [-0.15, -0.1) is 0 Å². The van der Waals surface area contributed by atoms with Crippen molar-refractivity contribution >= 4 is 29.3 Å². The number of aryl methyl sites for hydroxylation is 2. The molecule has 1 N–H and O–H groups in total. The van der Waals surface area contributed by atoms with Crippen molar-refractivity contribution in [3.05, 3.63) is 71.0 Å². The summed E-state index contributed by atoms with van der Waals surface area (Å²) in [7, 11) is 0. The number of hydrogen-bond donors (Lipinski definition) is 1. The molecule has 1 aromatic heterocycles. The van der Waals surface area contributed by atoms with Crippen LogP contribution in [-0.2, 0) is 0 Å². The number of carbonyl (C=O) groups excluding carboxylic acids is 2. The summed E-state index contributed by atoms with van der Waals surface area (Å²) in [5.41, 5.74) is 3.34. The molecule has 0 saturated carbocycles. The fourth-order valence-corrected chi connectivity index (χ4v) is 3.96. The minimum Gasteiger partial charge on any atom is -0.281 e. The van der Waals surface area contributed by atoms with Gasteiger partial charge in [-0.05, 0) is 38.1 Å². The third-order valence-electron chi connectivity index (χ3n) is 4.17. The zero-order chi connectivity index (χ0) is 17.6. The molecule has 2 heterocycles. The Kier molecular flexibility index (Phi) is 3.69. The summed E-state index contributed by atoms with van der Waals surface area (Å²) < 4.78 is 0. The minimum atomic E-state index is -0.283. The Morgan fingerprint density at radius 1 is 0.920 bits per heavy atom. The third-order valence-corrected chi connectivity index (χ3v) is 5.54. The van der Waals surface area contributed by atoms with E-state index >= 15 is 0 Å². The second-order valence-corrected chi connectivity index (χ2v) is 6.88. The standard InChI is InChI=1S/C19H15N3O2S/c1-11-17(12(2)21-20-11)25-16-10-6-5-9-15(16)22-18(23)13-7-3-4-8-14(13)19(22)24/h3-10H,1-2H3,(H,20,21). The Bertz CT molecular complexity index is 955. The zero-order valence-electron chi connectivity index (χ0n) is 13.7. The molecular formula is C19H15N3O2S. The topological polar surface area (TPSA) is 66.1 Å². The van der Waals surface area contributed by atoms with Crippen molar-refractivity contribution in [1.82, 2.24) is 10.2 Å². The van der Waals surface area contributed by atoms with Gasteiger partial charge in [-0.1, -0.05) is 36.0 Å². The molecule has 1 aliphatic rings. The maximum Gasteiger partial charge on any atom is 0.266 e. The van der Waals surface area contributed by atoms with Gasteiger partial charge < -0.3 is 0 Å². The zero-order valence-corrected chi connectivity index (χ0v) is 14.6. The predicted octanol–water partition coefficient (Wildman–Crippen LogP) is 3.98. The Hall–Kier alpha value is -2.86. The van der Waals surface area contributed by atoms with E-state index in [9.17, 15) is 9.59 Å². The lowest BCUT2D eigenvalue weighted by atomic mass is 10.1. The summed E-state index contributed by atoms with van der Waals surface area (Å²) in [6.45, 7) is 3.88. The first-order valence-electron chi connectivity index (χ1n) is 7.84. The Morgan fingerprint density at radius 3 is 2.12 bits per heavy atom. The number of fused-ring (bicyclic) bond motifs is 1. The fourth-order valence-electron chi connectivity index (χ4n) is 2.94. The average molecular weight is 349 g/mol. The molecule has 0 fully saturated rings. The van der Waals surface area contributed by atoms with Gasteiger partial charge in [0.05, 0.1) is 27.4 Å². The Balaban J connectivity index is 1.78. The maximum atomic E-state index is 12.8. The van der Waals surface area contributed by atoms with E-state index in [0.717, 1.165) is 21.2 Å². The van der Waals surface area contributed by atoms with Crippen LogP contribution in [0.15, 0.2) is 58.3 Å². The molecule has 0 spiro atoms. The first-order valence-corrected chi connectivity index (χ1v) is 8.66. The second-order valence-electron chi connectivity index (χ2n) is 5.82. The summed E-state index contributed by atoms with van der Waals surface area (Å²) in [5, 5.41) is 7.17. The van der Waals surface area contributed by atoms with Gasteiger partial charge in [0.2, 0.25) is 0 Å². The molecule has 6 heteroatoms. The SMILES string of the molecule is Cc1n[nH]c(C)c1Sc1ccccc1N1C(=O)c2ccccc2C1=O. The number of aromatic amines is 1. The van der Waals surface area contributed by atoms with Crippen molar-refractivity contribution in [3.8, 4) is 0 Å². The quantitative estimate of drug-likeness (QED) is 0.727. The number of carbonyl (C=O) groups is 2. The number of imide groups is 1. The summed E-state index contributed by atoms with van der Waals surface area (Å²) in [5.74, 6) is -0.566. The molecule has 4 rings (SSSR count).